The Morgan fingerprint density at radius 1 is 1.24 bits per heavy atom. The fourth-order valence-electron chi connectivity index (χ4n) is 3.03. The molecule has 0 saturated carbocycles. The minimum atomic E-state index is -0.248. The highest BCUT2D eigenvalue weighted by Gasteiger charge is 2.21. The fraction of sp³-hybridized carbons (Fsp3) is 0.444. The Morgan fingerprint density at radius 2 is 2.08 bits per heavy atom. The van der Waals surface area contributed by atoms with Gasteiger partial charge >= 0.3 is 0 Å². The molecule has 0 bridgehead atoms. The standard InChI is InChI=1S/C18H21N3O3S/c1-11(25-18-20-13-4-2-5-14(13)21-18)17(22)19-12-6-7-15-16(10-12)24-9-3-8-23-15/h6-7,10-11H,2-5,8-9H2,1H3,(H,19,22)(H,20,21). The number of aryl methyl sites for hydroxylation is 2. The topological polar surface area (TPSA) is 76.2 Å². The summed E-state index contributed by atoms with van der Waals surface area (Å²) in [6.07, 6.45) is 4.11. The number of amides is 1. The van der Waals surface area contributed by atoms with Gasteiger partial charge in [0.15, 0.2) is 16.7 Å². The maximum absolute atomic E-state index is 12.5. The number of carbonyl (C=O) groups excluding carboxylic acids is 1. The first-order valence-corrected chi connectivity index (χ1v) is 9.52. The number of aromatic amines is 1. The van der Waals surface area contributed by atoms with Crippen LogP contribution in [0.2, 0.25) is 0 Å². The first-order valence-electron chi connectivity index (χ1n) is 8.64. The maximum Gasteiger partial charge on any atom is 0.237 e. The highest BCUT2D eigenvalue weighted by atomic mass is 32.2. The highest BCUT2D eigenvalue weighted by Crippen LogP contribution is 2.33. The van der Waals surface area contributed by atoms with Crippen LogP contribution in [0.15, 0.2) is 23.4 Å². The summed E-state index contributed by atoms with van der Waals surface area (Å²) in [6.45, 7) is 3.16. The number of ether oxygens (including phenoxy) is 2. The molecule has 2 aromatic rings. The number of hydrogen-bond acceptors (Lipinski definition) is 5. The number of aromatic nitrogens is 2. The van der Waals surface area contributed by atoms with Crippen LogP contribution in [-0.4, -0.2) is 34.3 Å². The summed E-state index contributed by atoms with van der Waals surface area (Å²) in [6, 6.07) is 5.49. The van der Waals surface area contributed by atoms with Gasteiger partial charge in [0.05, 0.1) is 24.2 Å². The first kappa shape index (κ1) is 16.3. The van der Waals surface area contributed by atoms with Crippen molar-refractivity contribution in [2.24, 2.45) is 0 Å². The molecule has 1 unspecified atom stereocenters. The van der Waals surface area contributed by atoms with E-state index >= 15 is 0 Å². The quantitative estimate of drug-likeness (QED) is 0.820. The number of hydrogen-bond donors (Lipinski definition) is 2. The van der Waals surface area contributed by atoms with Gasteiger partial charge in [-0.1, -0.05) is 11.8 Å². The van der Waals surface area contributed by atoms with Crippen LogP contribution >= 0.6 is 11.8 Å². The van der Waals surface area contributed by atoms with Crippen LogP contribution < -0.4 is 14.8 Å². The zero-order valence-electron chi connectivity index (χ0n) is 14.1. The fourth-order valence-corrected chi connectivity index (χ4v) is 3.87. The number of H-pyrrole nitrogens is 1. The molecule has 0 spiro atoms. The third-order valence-electron chi connectivity index (χ3n) is 4.36. The monoisotopic (exact) mass is 359 g/mol. The van der Waals surface area contributed by atoms with E-state index in [-0.39, 0.29) is 11.2 Å². The molecule has 6 nitrogen and oxygen atoms in total. The van der Waals surface area contributed by atoms with Crippen LogP contribution in [0.4, 0.5) is 5.69 Å². The highest BCUT2D eigenvalue weighted by molar-refractivity contribution is 8.00. The molecular formula is C18H21N3O3S. The van der Waals surface area contributed by atoms with E-state index in [1.54, 1.807) is 0 Å². The zero-order valence-corrected chi connectivity index (χ0v) is 14.9. The molecule has 0 fully saturated rings. The Kier molecular flexibility index (Phi) is 4.57. The lowest BCUT2D eigenvalue weighted by Gasteiger charge is -2.13. The zero-order chi connectivity index (χ0) is 17.2. The molecule has 0 saturated heterocycles. The molecule has 4 rings (SSSR count). The van der Waals surface area contributed by atoms with E-state index in [1.807, 2.05) is 25.1 Å². The average Bonchev–Trinajstić information content (AvgIpc) is 3.09. The summed E-state index contributed by atoms with van der Waals surface area (Å²) in [5, 5.41) is 3.52. The molecule has 1 aliphatic heterocycles. The predicted octanol–water partition coefficient (Wildman–Crippen LogP) is 3.18. The largest absolute Gasteiger partial charge is 0.490 e. The minimum absolute atomic E-state index is 0.0592. The van der Waals surface area contributed by atoms with E-state index in [4.69, 9.17) is 9.47 Å². The van der Waals surface area contributed by atoms with E-state index in [0.29, 0.717) is 24.7 Å². The van der Waals surface area contributed by atoms with E-state index in [2.05, 4.69) is 15.3 Å². The van der Waals surface area contributed by atoms with Crippen LogP contribution in [0, 0.1) is 0 Å². The third kappa shape index (κ3) is 3.61. The van der Waals surface area contributed by atoms with Crippen molar-refractivity contribution in [2.75, 3.05) is 18.5 Å². The van der Waals surface area contributed by atoms with Gasteiger partial charge in [0.1, 0.15) is 0 Å². The molecule has 25 heavy (non-hydrogen) atoms. The number of nitrogens with zero attached hydrogens (tertiary/aromatic N) is 1. The van der Waals surface area contributed by atoms with Gasteiger partial charge in [-0.05, 0) is 38.3 Å². The summed E-state index contributed by atoms with van der Waals surface area (Å²) in [7, 11) is 0. The average molecular weight is 359 g/mol. The van der Waals surface area contributed by atoms with Gasteiger partial charge in [0.25, 0.3) is 0 Å². The number of rotatable bonds is 4. The second kappa shape index (κ2) is 7.00. The van der Waals surface area contributed by atoms with Crippen LogP contribution in [0.1, 0.15) is 31.2 Å². The van der Waals surface area contributed by atoms with E-state index in [0.717, 1.165) is 35.9 Å². The smallest absolute Gasteiger partial charge is 0.237 e. The van der Waals surface area contributed by atoms with Crippen LogP contribution in [-0.2, 0) is 17.6 Å². The van der Waals surface area contributed by atoms with Gasteiger partial charge in [0, 0.05) is 23.9 Å². The molecule has 1 aliphatic carbocycles. The molecule has 2 aliphatic rings. The second-order valence-corrected chi connectivity index (χ2v) is 7.61. The second-order valence-electron chi connectivity index (χ2n) is 6.28. The predicted molar refractivity (Wildman–Crippen MR) is 96.6 cm³/mol. The van der Waals surface area contributed by atoms with Crippen molar-refractivity contribution in [3.05, 3.63) is 29.6 Å². The number of anilines is 1. The number of imidazole rings is 1. The van der Waals surface area contributed by atoms with Gasteiger partial charge < -0.3 is 19.8 Å². The lowest BCUT2D eigenvalue weighted by Crippen LogP contribution is -2.22. The Hall–Kier alpha value is -2.15. The molecule has 132 valence electrons. The van der Waals surface area contributed by atoms with Crippen molar-refractivity contribution in [2.45, 2.75) is 43.0 Å². The molecular weight excluding hydrogens is 338 g/mol. The van der Waals surface area contributed by atoms with E-state index in [9.17, 15) is 4.79 Å². The summed E-state index contributed by atoms with van der Waals surface area (Å²) in [5.74, 6) is 1.34. The maximum atomic E-state index is 12.5. The van der Waals surface area contributed by atoms with Gasteiger partial charge in [-0.15, -0.1) is 0 Å². The molecule has 7 heteroatoms. The number of fused-ring (bicyclic) bond motifs is 2. The molecule has 0 radical (unpaired) electrons. The third-order valence-corrected chi connectivity index (χ3v) is 5.34. The molecule has 2 heterocycles. The number of thioether (sulfide) groups is 1. The molecule has 1 aromatic carbocycles. The normalized spacial score (nSPS) is 16.8. The van der Waals surface area contributed by atoms with Crippen LogP contribution in [0.5, 0.6) is 11.5 Å². The Balaban J connectivity index is 1.39. The lowest BCUT2D eigenvalue weighted by molar-refractivity contribution is -0.115. The van der Waals surface area contributed by atoms with Crippen LogP contribution in [0.25, 0.3) is 0 Å². The minimum Gasteiger partial charge on any atom is -0.490 e. The lowest BCUT2D eigenvalue weighted by atomic mass is 10.2. The van der Waals surface area contributed by atoms with Gasteiger partial charge in [-0.25, -0.2) is 4.98 Å². The Morgan fingerprint density at radius 3 is 2.92 bits per heavy atom. The molecule has 1 aromatic heterocycles. The van der Waals surface area contributed by atoms with E-state index in [1.165, 1.54) is 23.9 Å². The van der Waals surface area contributed by atoms with Gasteiger partial charge in [0.2, 0.25) is 5.91 Å². The summed E-state index contributed by atoms with van der Waals surface area (Å²) in [4.78, 5) is 20.4. The molecule has 1 atom stereocenters. The number of carbonyl (C=O) groups is 1. The Bertz CT molecular complexity index is 768. The van der Waals surface area contributed by atoms with Crippen molar-refractivity contribution >= 4 is 23.4 Å². The number of benzene rings is 1. The summed E-state index contributed by atoms with van der Waals surface area (Å²) < 4.78 is 11.3. The first-order chi connectivity index (χ1) is 12.2. The number of nitrogens with one attached hydrogen (secondary N) is 2. The van der Waals surface area contributed by atoms with Crippen molar-refractivity contribution in [1.82, 2.24) is 9.97 Å². The van der Waals surface area contributed by atoms with Gasteiger partial charge in [-0.3, -0.25) is 4.79 Å². The molecule has 2 N–H and O–H groups in total. The summed E-state index contributed by atoms with van der Waals surface area (Å²) in [5.41, 5.74) is 3.08. The van der Waals surface area contributed by atoms with E-state index < -0.39 is 0 Å². The van der Waals surface area contributed by atoms with Crippen molar-refractivity contribution in [3.63, 3.8) is 0 Å². The van der Waals surface area contributed by atoms with Crippen molar-refractivity contribution in [1.29, 1.82) is 0 Å². The summed E-state index contributed by atoms with van der Waals surface area (Å²) >= 11 is 1.45. The molecule has 1 amide bonds. The SMILES string of the molecule is CC(Sc1nc2c([nH]1)CCC2)C(=O)Nc1ccc2c(c1)OCCCO2. The van der Waals surface area contributed by atoms with Gasteiger partial charge in [-0.2, -0.15) is 0 Å². The Labute approximate surface area is 150 Å². The van der Waals surface area contributed by atoms with Crippen molar-refractivity contribution < 1.29 is 14.3 Å². The van der Waals surface area contributed by atoms with Crippen LogP contribution in [0.3, 0.4) is 0 Å². The van der Waals surface area contributed by atoms with Crippen molar-refractivity contribution in [3.8, 4) is 11.5 Å².